The van der Waals surface area contributed by atoms with Gasteiger partial charge in [-0.3, -0.25) is 4.79 Å². The number of aryl methyl sites for hydroxylation is 1. The minimum atomic E-state index is -0.0822. The van der Waals surface area contributed by atoms with Crippen molar-refractivity contribution in [2.45, 2.75) is 45.2 Å². The van der Waals surface area contributed by atoms with Gasteiger partial charge in [-0.05, 0) is 74.2 Å². The summed E-state index contributed by atoms with van der Waals surface area (Å²) in [7, 11) is 0. The van der Waals surface area contributed by atoms with E-state index in [4.69, 9.17) is 0 Å². The van der Waals surface area contributed by atoms with Gasteiger partial charge >= 0.3 is 0 Å². The van der Waals surface area contributed by atoms with E-state index in [-0.39, 0.29) is 17.5 Å². The molecule has 1 amide bonds. The summed E-state index contributed by atoms with van der Waals surface area (Å²) in [6.45, 7) is 8.21. The van der Waals surface area contributed by atoms with Gasteiger partial charge in [0.15, 0.2) is 0 Å². The van der Waals surface area contributed by atoms with Crippen LogP contribution in [0.15, 0.2) is 60.7 Å². The first-order chi connectivity index (χ1) is 14.5. The average molecular weight is 402 g/mol. The molecule has 1 aliphatic rings. The SMILES string of the molecule is Cc1ccc(NC[C@]2(C)CCCN2)cc1C(=O)N[C@H](C)c1cccc2ccccc12. The molecule has 3 aromatic rings. The fourth-order valence-corrected chi connectivity index (χ4v) is 4.36. The summed E-state index contributed by atoms with van der Waals surface area (Å²) in [6, 6.07) is 20.5. The fourth-order valence-electron chi connectivity index (χ4n) is 4.36. The van der Waals surface area contributed by atoms with Gasteiger partial charge in [-0.2, -0.15) is 0 Å². The Bertz CT molecular complexity index is 1050. The third-order valence-electron chi connectivity index (χ3n) is 6.26. The predicted molar refractivity (Wildman–Crippen MR) is 125 cm³/mol. The van der Waals surface area contributed by atoms with E-state index in [0.717, 1.165) is 35.5 Å². The van der Waals surface area contributed by atoms with Crippen LogP contribution >= 0.6 is 0 Å². The molecule has 0 radical (unpaired) electrons. The second-order valence-electron chi connectivity index (χ2n) is 8.74. The molecular formula is C26H31N3O. The number of hydrogen-bond acceptors (Lipinski definition) is 3. The molecule has 0 aromatic heterocycles. The lowest BCUT2D eigenvalue weighted by Crippen LogP contribution is -2.42. The number of anilines is 1. The molecule has 0 bridgehead atoms. The van der Waals surface area contributed by atoms with Crippen molar-refractivity contribution in [3.8, 4) is 0 Å². The van der Waals surface area contributed by atoms with Crippen molar-refractivity contribution < 1.29 is 4.79 Å². The third-order valence-corrected chi connectivity index (χ3v) is 6.26. The Morgan fingerprint density at radius 2 is 1.93 bits per heavy atom. The van der Waals surface area contributed by atoms with Gasteiger partial charge in [-0.15, -0.1) is 0 Å². The number of carbonyl (C=O) groups excluding carboxylic acids is 1. The van der Waals surface area contributed by atoms with E-state index >= 15 is 0 Å². The van der Waals surface area contributed by atoms with Crippen LogP contribution in [0.1, 0.15) is 54.2 Å². The number of benzene rings is 3. The highest BCUT2D eigenvalue weighted by molar-refractivity contribution is 5.97. The van der Waals surface area contributed by atoms with E-state index in [1.165, 1.54) is 23.6 Å². The molecule has 1 aliphatic heterocycles. The van der Waals surface area contributed by atoms with Gasteiger partial charge in [-0.25, -0.2) is 0 Å². The Labute approximate surface area is 179 Å². The lowest BCUT2D eigenvalue weighted by molar-refractivity contribution is 0.0939. The summed E-state index contributed by atoms with van der Waals surface area (Å²) in [6.07, 6.45) is 2.38. The topological polar surface area (TPSA) is 53.2 Å². The maximum Gasteiger partial charge on any atom is 0.252 e. The molecule has 4 rings (SSSR count). The highest BCUT2D eigenvalue weighted by atomic mass is 16.1. The zero-order valence-electron chi connectivity index (χ0n) is 18.1. The van der Waals surface area contributed by atoms with Crippen molar-refractivity contribution in [3.63, 3.8) is 0 Å². The minimum Gasteiger partial charge on any atom is -0.383 e. The lowest BCUT2D eigenvalue weighted by Gasteiger charge is -2.25. The molecule has 1 fully saturated rings. The van der Waals surface area contributed by atoms with Crippen molar-refractivity contribution in [2.24, 2.45) is 0 Å². The maximum atomic E-state index is 13.1. The Morgan fingerprint density at radius 3 is 2.73 bits per heavy atom. The molecule has 3 aromatic carbocycles. The normalized spacial score (nSPS) is 19.6. The third kappa shape index (κ3) is 4.34. The van der Waals surface area contributed by atoms with Gasteiger partial charge in [0.05, 0.1) is 6.04 Å². The van der Waals surface area contributed by atoms with Crippen LogP contribution in [-0.2, 0) is 0 Å². The molecule has 0 saturated carbocycles. The summed E-state index contributed by atoms with van der Waals surface area (Å²) in [4.78, 5) is 13.1. The molecule has 4 heteroatoms. The Kier molecular flexibility index (Phi) is 5.78. The number of fused-ring (bicyclic) bond motifs is 1. The number of nitrogens with one attached hydrogen (secondary N) is 3. The van der Waals surface area contributed by atoms with Crippen molar-refractivity contribution in [2.75, 3.05) is 18.4 Å². The van der Waals surface area contributed by atoms with Gasteiger partial charge in [0.25, 0.3) is 5.91 Å². The predicted octanol–water partition coefficient (Wildman–Crippen LogP) is 5.19. The number of amides is 1. The van der Waals surface area contributed by atoms with Crippen molar-refractivity contribution in [1.82, 2.24) is 10.6 Å². The van der Waals surface area contributed by atoms with E-state index in [2.05, 4.69) is 53.2 Å². The van der Waals surface area contributed by atoms with Crippen LogP contribution in [0.25, 0.3) is 10.8 Å². The highest BCUT2D eigenvalue weighted by Crippen LogP contribution is 2.25. The van der Waals surface area contributed by atoms with E-state index in [0.29, 0.717) is 0 Å². The number of hydrogen-bond donors (Lipinski definition) is 3. The van der Waals surface area contributed by atoms with Crippen molar-refractivity contribution in [1.29, 1.82) is 0 Å². The fraction of sp³-hybridized carbons (Fsp3) is 0.346. The Morgan fingerprint density at radius 1 is 1.13 bits per heavy atom. The largest absolute Gasteiger partial charge is 0.383 e. The first kappa shape index (κ1) is 20.4. The number of carbonyl (C=O) groups is 1. The first-order valence-electron chi connectivity index (χ1n) is 10.8. The lowest BCUT2D eigenvalue weighted by atomic mass is 9.98. The summed E-state index contributed by atoms with van der Waals surface area (Å²) >= 11 is 0. The van der Waals surface area contributed by atoms with Gasteiger partial charge in [0, 0.05) is 23.3 Å². The van der Waals surface area contributed by atoms with Gasteiger partial charge in [0.1, 0.15) is 0 Å². The van der Waals surface area contributed by atoms with Gasteiger partial charge in [-0.1, -0.05) is 48.5 Å². The van der Waals surface area contributed by atoms with Gasteiger partial charge < -0.3 is 16.0 Å². The van der Waals surface area contributed by atoms with E-state index in [1.807, 2.05) is 44.2 Å². The van der Waals surface area contributed by atoms with Crippen LogP contribution in [0.5, 0.6) is 0 Å². The van der Waals surface area contributed by atoms with Crippen LogP contribution in [0.4, 0.5) is 5.69 Å². The molecule has 2 atom stereocenters. The maximum absolute atomic E-state index is 13.1. The Hall–Kier alpha value is -2.85. The zero-order valence-corrected chi connectivity index (χ0v) is 18.1. The highest BCUT2D eigenvalue weighted by Gasteiger charge is 2.27. The first-order valence-corrected chi connectivity index (χ1v) is 10.8. The van der Waals surface area contributed by atoms with Crippen LogP contribution in [0.2, 0.25) is 0 Å². The average Bonchev–Trinajstić information content (AvgIpc) is 3.19. The molecule has 30 heavy (non-hydrogen) atoms. The smallest absolute Gasteiger partial charge is 0.252 e. The van der Waals surface area contributed by atoms with Crippen LogP contribution < -0.4 is 16.0 Å². The van der Waals surface area contributed by atoms with E-state index in [1.54, 1.807) is 0 Å². The zero-order chi connectivity index (χ0) is 21.1. The molecular weight excluding hydrogens is 370 g/mol. The molecule has 0 spiro atoms. The second-order valence-corrected chi connectivity index (χ2v) is 8.74. The molecule has 4 nitrogen and oxygen atoms in total. The number of rotatable bonds is 6. The monoisotopic (exact) mass is 401 g/mol. The van der Waals surface area contributed by atoms with Crippen LogP contribution in [0, 0.1) is 6.92 Å². The summed E-state index contributed by atoms with van der Waals surface area (Å²) in [5.41, 5.74) is 3.94. The summed E-state index contributed by atoms with van der Waals surface area (Å²) < 4.78 is 0. The van der Waals surface area contributed by atoms with Crippen LogP contribution in [-0.4, -0.2) is 24.5 Å². The molecule has 3 N–H and O–H groups in total. The molecule has 0 unspecified atom stereocenters. The van der Waals surface area contributed by atoms with Crippen LogP contribution in [0.3, 0.4) is 0 Å². The van der Waals surface area contributed by atoms with Crippen molar-refractivity contribution >= 4 is 22.4 Å². The molecule has 156 valence electrons. The molecule has 1 heterocycles. The Balaban J connectivity index is 1.49. The quantitative estimate of drug-likeness (QED) is 0.533. The standard InChI is InChI=1S/C26H31N3O/c1-18-12-13-21(27-17-26(3)14-7-15-28-26)16-24(18)25(30)29-19(2)22-11-6-9-20-8-4-5-10-23(20)22/h4-6,8-13,16,19,27-28H,7,14-15,17H2,1-3H3,(H,29,30)/t19-,26+/m1/s1. The van der Waals surface area contributed by atoms with Crippen molar-refractivity contribution in [3.05, 3.63) is 77.4 Å². The van der Waals surface area contributed by atoms with E-state index in [9.17, 15) is 4.79 Å². The second kappa shape index (κ2) is 8.49. The minimum absolute atomic E-state index is 0.0400. The molecule has 0 aliphatic carbocycles. The molecule has 1 saturated heterocycles. The van der Waals surface area contributed by atoms with Gasteiger partial charge in [0.2, 0.25) is 0 Å². The summed E-state index contributed by atoms with van der Waals surface area (Å²) in [5, 5.41) is 12.6. The van der Waals surface area contributed by atoms with E-state index < -0.39 is 0 Å². The summed E-state index contributed by atoms with van der Waals surface area (Å²) in [5.74, 6) is -0.0400.